The van der Waals surface area contributed by atoms with Gasteiger partial charge in [0.05, 0.1) is 21.8 Å². The molecule has 0 N–H and O–H groups in total. The van der Waals surface area contributed by atoms with Gasteiger partial charge in [0.25, 0.3) is 5.69 Å². The molecule has 0 aliphatic rings. The zero-order chi connectivity index (χ0) is 21.2. The van der Waals surface area contributed by atoms with E-state index in [0.29, 0.717) is 22.0 Å². The maximum Gasteiger partial charge on any atom is 0.417 e. The fraction of sp³-hybridized carbons (Fsp3) is 0.0526. The third-order valence-corrected chi connectivity index (χ3v) is 4.49. The summed E-state index contributed by atoms with van der Waals surface area (Å²) in [7, 11) is 0. The monoisotopic (exact) mass is 463 g/mol. The third-order valence-electron chi connectivity index (χ3n) is 3.83. The molecule has 0 unspecified atom stereocenters. The molecule has 2 heterocycles. The lowest BCUT2D eigenvalue weighted by atomic mass is 10.1. The summed E-state index contributed by atoms with van der Waals surface area (Å²) < 4.78 is 44.0. The predicted molar refractivity (Wildman–Crippen MR) is 101 cm³/mol. The van der Waals surface area contributed by atoms with Crippen molar-refractivity contribution < 1.29 is 22.5 Å². The number of hydrogen-bond acceptors (Lipinski definition) is 5. The maximum absolute atomic E-state index is 12.6. The van der Waals surface area contributed by atoms with E-state index in [1.807, 2.05) is 6.07 Å². The molecule has 0 saturated carbocycles. The first-order valence-corrected chi connectivity index (χ1v) is 8.68. The van der Waals surface area contributed by atoms with Crippen LogP contribution in [-0.2, 0) is 6.18 Å². The molecule has 6 nitrogen and oxygen atoms in total. The number of furan rings is 1. The van der Waals surface area contributed by atoms with Gasteiger partial charge < -0.3 is 4.42 Å². The van der Waals surface area contributed by atoms with Gasteiger partial charge in [-0.25, -0.2) is 0 Å². The minimum Gasteiger partial charge on any atom is -0.457 e. The molecule has 3 aromatic rings. The second-order valence-corrected chi connectivity index (χ2v) is 6.58. The second kappa shape index (κ2) is 7.89. The first-order chi connectivity index (χ1) is 13.7. The van der Waals surface area contributed by atoms with Crippen LogP contribution in [0.15, 0.2) is 57.6 Å². The van der Waals surface area contributed by atoms with E-state index in [2.05, 4.69) is 20.9 Å². The second-order valence-electron chi connectivity index (χ2n) is 5.72. The Labute approximate surface area is 170 Å². The van der Waals surface area contributed by atoms with Crippen molar-refractivity contribution in [3.05, 3.63) is 80.3 Å². The number of nitro groups is 1. The Morgan fingerprint density at radius 1 is 1.24 bits per heavy atom. The molecule has 0 amide bonds. The highest BCUT2D eigenvalue weighted by atomic mass is 79.9. The smallest absolute Gasteiger partial charge is 0.417 e. The Balaban J connectivity index is 1.90. The predicted octanol–water partition coefficient (Wildman–Crippen LogP) is 6.10. The summed E-state index contributed by atoms with van der Waals surface area (Å²) in [4.78, 5) is 14.0. The molecular formula is C19H9BrF3N3O3. The van der Waals surface area contributed by atoms with E-state index in [9.17, 15) is 28.5 Å². The van der Waals surface area contributed by atoms with Crippen LogP contribution in [0.4, 0.5) is 18.9 Å². The number of nitro benzene ring substituents is 1. The van der Waals surface area contributed by atoms with Crippen molar-refractivity contribution in [1.82, 2.24) is 4.98 Å². The Morgan fingerprint density at radius 2 is 2.00 bits per heavy atom. The molecule has 146 valence electrons. The van der Waals surface area contributed by atoms with Crippen LogP contribution in [0.3, 0.4) is 0 Å². The number of nitriles is 1. The number of pyridine rings is 1. The van der Waals surface area contributed by atoms with Crippen molar-refractivity contribution in [3.8, 4) is 17.4 Å². The Morgan fingerprint density at radius 3 is 2.55 bits per heavy atom. The van der Waals surface area contributed by atoms with Gasteiger partial charge in [0, 0.05) is 34.4 Å². The summed E-state index contributed by atoms with van der Waals surface area (Å²) in [5.74, 6) is 0.652. The molecule has 0 aliphatic heterocycles. The summed E-state index contributed by atoms with van der Waals surface area (Å²) in [5.41, 5.74) is -0.368. The number of nitrogens with zero attached hydrogens (tertiary/aromatic N) is 3. The molecule has 0 bridgehead atoms. The first kappa shape index (κ1) is 20.3. The van der Waals surface area contributed by atoms with Gasteiger partial charge in [-0.2, -0.15) is 18.4 Å². The molecule has 0 aliphatic carbocycles. The summed E-state index contributed by atoms with van der Waals surface area (Å²) in [5, 5.41) is 20.2. The van der Waals surface area contributed by atoms with Crippen molar-refractivity contribution in [2.75, 3.05) is 0 Å². The molecule has 10 heteroatoms. The molecule has 0 atom stereocenters. The van der Waals surface area contributed by atoms with Gasteiger partial charge in [0.1, 0.15) is 17.6 Å². The number of hydrogen-bond donors (Lipinski definition) is 0. The average molecular weight is 464 g/mol. The van der Waals surface area contributed by atoms with Crippen LogP contribution < -0.4 is 0 Å². The highest BCUT2D eigenvalue weighted by Crippen LogP contribution is 2.33. The SMILES string of the molecule is N#C/C(=C\c1ccc(-c2ccc([N+](=O)[O-])cc2Br)o1)c1ccc(C(F)(F)F)cn1. The molecule has 3 rings (SSSR count). The van der Waals surface area contributed by atoms with E-state index >= 15 is 0 Å². The van der Waals surface area contributed by atoms with Gasteiger partial charge in [-0.15, -0.1) is 0 Å². The van der Waals surface area contributed by atoms with E-state index in [1.165, 1.54) is 24.3 Å². The topological polar surface area (TPSA) is 93.0 Å². The zero-order valence-electron chi connectivity index (χ0n) is 14.3. The lowest BCUT2D eigenvalue weighted by molar-refractivity contribution is -0.384. The van der Waals surface area contributed by atoms with Crippen molar-refractivity contribution in [3.63, 3.8) is 0 Å². The van der Waals surface area contributed by atoms with Gasteiger partial charge in [0.2, 0.25) is 0 Å². The lowest BCUT2D eigenvalue weighted by Crippen LogP contribution is -2.05. The highest BCUT2D eigenvalue weighted by molar-refractivity contribution is 9.10. The van der Waals surface area contributed by atoms with Crippen LogP contribution in [0, 0.1) is 21.4 Å². The fourth-order valence-corrected chi connectivity index (χ4v) is 2.98. The number of non-ortho nitro benzene ring substituents is 1. The molecule has 29 heavy (non-hydrogen) atoms. The normalized spacial score (nSPS) is 11.9. The number of allylic oxidation sites excluding steroid dienone is 1. The van der Waals surface area contributed by atoms with E-state index < -0.39 is 16.7 Å². The molecule has 0 saturated heterocycles. The average Bonchev–Trinajstić information content (AvgIpc) is 3.13. The van der Waals surface area contributed by atoms with E-state index in [0.717, 1.165) is 12.1 Å². The van der Waals surface area contributed by atoms with Crippen LogP contribution in [-0.4, -0.2) is 9.91 Å². The largest absolute Gasteiger partial charge is 0.457 e. The van der Waals surface area contributed by atoms with Crippen LogP contribution in [0.5, 0.6) is 0 Å². The Hall–Kier alpha value is -3.45. The number of aromatic nitrogens is 1. The van der Waals surface area contributed by atoms with Crippen molar-refractivity contribution in [1.29, 1.82) is 5.26 Å². The molecule has 0 radical (unpaired) electrons. The van der Waals surface area contributed by atoms with Gasteiger partial charge in [0.15, 0.2) is 0 Å². The van der Waals surface area contributed by atoms with E-state index in [-0.39, 0.29) is 22.7 Å². The van der Waals surface area contributed by atoms with Crippen LogP contribution in [0.25, 0.3) is 23.0 Å². The Bertz CT molecular complexity index is 1150. The van der Waals surface area contributed by atoms with E-state index in [1.54, 1.807) is 12.1 Å². The summed E-state index contributed by atoms with van der Waals surface area (Å²) in [6.07, 6.45) is -2.52. The lowest BCUT2D eigenvalue weighted by Gasteiger charge is -2.06. The van der Waals surface area contributed by atoms with E-state index in [4.69, 9.17) is 4.42 Å². The summed E-state index contributed by atoms with van der Waals surface area (Å²) in [6, 6.07) is 11.2. The zero-order valence-corrected chi connectivity index (χ0v) is 15.9. The minimum atomic E-state index is -4.52. The van der Waals surface area contributed by atoms with Gasteiger partial charge in [-0.05, 0) is 46.3 Å². The van der Waals surface area contributed by atoms with Gasteiger partial charge >= 0.3 is 6.18 Å². The number of halogens is 4. The van der Waals surface area contributed by atoms with Crippen LogP contribution >= 0.6 is 15.9 Å². The summed E-state index contributed by atoms with van der Waals surface area (Å²) >= 11 is 3.25. The van der Waals surface area contributed by atoms with Crippen LogP contribution in [0.2, 0.25) is 0 Å². The molecule has 2 aromatic heterocycles. The molecule has 0 fully saturated rings. The first-order valence-electron chi connectivity index (χ1n) is 7.88. The maximum atomic E-state index is 12.6. The van der Waals surface area contributed by atoms with Gasteiger partial charge in [-0.3, -0.25) is 15.1 Å². The molecule has 0 spiro atoms. The highest BCUT2D eigenvalue weighted by Gasteiger charge is 2.30. The number of alkyl halides is 3. The minimum absolute atomic E-state index is 0.0161. The molecule has 1 aromatic carbocycles. The summed E-state index contributed by atoms with van der Waals surface area (Å²) in [6.45, 7) is 0. The third kappa shape index (κ3) is 4.52. The molecular weight excluding hydrogens is 455 g/mol. The van der Waals surface area contributed by atoms with Crippen molar-refractivity contribution in [2.45, 2.75) is 6.18 Å². The van der Waals surface area contributed by atoms with Gasteiger partial charge in [-0.1, -0.05) is 0 Å². The quantitative estimate of drug-likeness (QED) is 0.265. The fourth-order valence-electron chi connectivity index (χ4n) is 2.42. The number of rotatable bonds is 4. The number of benzene rings is 1. The Kier molecular flexibility index (Phi) is 5.52. The van der Waals surface area contributed by atoms with Crippen molar-refractivity contribution >= 4 is 33.3 Å². The van der Waals surface area contributed by atoms with Crippen LogP contribution in [0.1, 0.15) is 17.0 Å². The van der Waals surface area contributed by atoms with Crippen molar-refractivity contribution in [2.24, 2.45) is 0 Å². The standard InChI is InChI=1S/C19H9BrF3N3O3/c20-16-8-13(26(27)28)2-4-15(16)18-6-3-14(29-18)7-11(9-24)17-5-1-12(10-25-17)19(21,22)23/h1-8,10H/b11-7+.